The maximum absolute atomic E-state index is 14.1. The van der Waals surface area contributed by atoms with Crippen LogP contribution in [0.3, 0.4) is 0 Å². The monoisotopic (exact) mass is 507 g/mol. The number of nitrogens with zero attached hydrogens (tertiary/aromatic N) is 4. The molecule has 0 bridgehead atoms. The molecule has 1 aromatic heterocycles. The topological polar surface area (TPSA) is 111 Å². The second-order valence-electron chi connectivity index (χ2n) is 10.2. The van der Waals surface area contributed by atoms with Gasteiger partial charge in [-0.05, 0) is 31.2 Å². The molecule has 2 atom stereocenters. The Bertz CT molecular complexity index is 1190. The summed E-state index contributed by atoms with van der Waals surface area (Å²) in [5.41, 5.74) is 8.23. The molecule has 8 heteroatoms. The van der Waals surface area contributed by atoms with Crippen LogP contribution in [0.25, 0.3) is 0 Å². The zero-order valence-electron chi connectivity index (χ0n) is 22.9. The van der Waals surface area contributed by atoms with Crippen LogP contribution in [-0.2, 0) is 22.7 Å². The zero-order valence-corrected chi connectivity index (χ0v) is 22.9. The predicted molar refractivity (Wildman–Crippen MR) is 146 cm³/mol. The van der Waals surface area contributed by atoms with Crippen LogP contribution in [0.4, 0.5) is 0 Å². The predicted octanol–water partition coefficient (Wildman–Crippen LogP) is 4.23. The first-order valence-corrected chi connectivity index (χ1v) is 13.5. The molecule has 8 nitrogen and oxygen atoms in total. The van der Waals surface area contributed by atoms with E-state index in [9.17, 15) is 14.4 Å². The summed E-state index contributed by atoms with van der Waals surface area (Å²) in [4.78, 5) is 50.9. The fourth-order valence-electron chi connectivity index (χ4n) is 5.11. The highest BCUT2D eigenvalue weighted by atomic mass is 16.2. The average Bonchev–Trinajstić information content (AvgIpc) is 3.24. The number of aromatic nitrogens is 2. The quantitative estimate of drug-likeness (QED) is 0.437. The Hall–Kier alpha value is -3.29. The molecule has 200 valence electrons. The second kappa shape index (κ2) is 12.8. The molecule has 2 N–H and O–H groups in total. The maximum atomic E-state index is 14.1. The van der Waals surface area contributed by atoms with Gasteiger partial charge in [-0.1, -0.05) is 70.9 Å². The molecule has 37 heavy (non-hydrogen) atoms. The fraction of sp³-hybridized carbons (Fsp3) is 0.552. The number of hydrogen-bond acceptors (Lipinski definition) is 5. The Labute approximate surface area is 220 Å². The van der Waals surface area contributed by atoms with Gasteiger partial charge in [-0.2, -0.15) is 0 Å². The van der Waals surface area contributed by atoms with Crippen molar-refractivity contribution in [2.75, 3.05) is 6.54 Å². The van der Waals surface area contributed by atoms with E-state index in [0.717, 1.165) is 24.8 Å². The molecule has 0 saturated heterocycles. The lowest BCUT2D eigenvalue weighted by Gasteiger charge is -2.36. The number of amides is 2. The highest BCUT2D eigenvalue weighted by Crippen LogP contribution is 2.30. The Morgan fingerprint density at radius 3 is 2.46 bits per heavy atom. The number of aliphatic imine (C=N–C) groups is 1. The first kappa shape index (κ1) is 28.3. The molecule has 2 amide bonds. The molecule has 0 saturated carbocycles. The van der Waals surface area contributed by atoms with Gasteiger partial charge in [0.2, 0.25) is 11.8 Å². The minimum atomic E-state index is -0.475. The van der Waals surface area contributed by atoms with Gasteiger partial charge in [0.05, 0.1) is 30.4 Å². The van der Waals surface area contributed by atoms with Crippen LogP contribution in [0.1, 0.15) is 95.4 Å². The average molecular weight is 508 g/mol. The number of hydrogen-bond donors (Lipinski definition) is 1. The molecule has 0 radical (unpaired) electrons. The van der Waals surface area contributed by atoms with Crippen molar-refractivity contribution >= 4 is 17.5 Å². The molecule has 0 spiro atoms. The van der Waals surface area contributed by atoms with Gasteiger partial charge in [0.25, 0.3) is 5.56 Å². The van der Waals surface area contributed by atoms with Gasteiger partial charge in [-0.3, -0.25) is 23.9 Å². The van der Waals surface area contributed by atoms with Crippen molar-refractivity contribution in [1.82, 2.24) is 14.5 Å². The van der Waals surface area contributed by atoms with E-state index in [1.54, 1.807) is 9.47 Å². The molecule has 0 aliphatic carbocycles. The summed E-state index contributed by atoms with van der Waals surface area (Å²) in [5.74, 6) is 0.0232. The van der Waals surface area contributed by atoms with E-state index in [1.165, 1.54) is 0 Å². The van der Waals surface area contributed by atoms with Gasteiger partial charge < -0.3 is 10.6 Å². The SMILES string of the molecule is CCCCC(C(=O)N(CCC(N)=O)C(CC)c1nc2c(c(=O)n1Cc1ccccc1)C(C)=NC2)C(C)C. The van der Waals surface area contributed by atoms with Gasteiger partial charge >= 0.3 is 0 Å². The summed E-state index contributed by atoms with van der Waals surface area (Å²) in [7, 11) is 0. The number of unbranched alkanes of at least 4 members (excludes halogenated alkanes) is 1. The minimum Gasteiger partial charge on any atom is -0.370 e. The van der Waals surface area contributed by atoms with Gasteiger partial charge in [0.15, 0.2) is 0 Å². The molecule has 0 fully saturated rings. The number of rotatable bonds is 13. The highest BCUT2D eigenvalue weighted by molar-refractivity contribution is 6.01. The summed E-state index contributed by atoms with van der Waals surface area (Å²) in [6, 6.07) is 9.29. The number of benzene rings is 1. The minimum absolute atomic E-state index is 0.00927. The van der Waals surface area contributed by atoms with Gasteiger partial charge in [0, 0.05) is 24.6 Å². The fourth-order valence-corrected chi connectivity index (χ4v) is 5.11. The normalized spacial score (nSPS) is 14.3. The van der Waals surface area contributed by atoms with Crippen LogP contribution in [0, 0.1) is 11.8 Å². The maximum Gasteiger partial charge on any atom is 0.263 e. The van der Waals surface area contributed by atoms with Crippen LogP contribution in [-0.4, -0.2) is 38.5 Å². The zero-order chi connectivity index (χ0) is 27.1. The van der Waals surface area contributed by atoms with E-state index in [0.29, 0.717) is 42.3 Å². The van der Waals surface area contributed by atoms with E-state index < -0.39 is 11.9 Å². The second-order valence-corrected chi connectivity index (χ2v) is 10.2. The van der Waals surface area contributed by atoms with Crippen molar-refractivity contribution in [3.63, 3.8) is 0 Å². The van der Waals surface area contributed by atoms with Crippen LogP contribution in [0.5, 0.6) is 0 Å². The van der Waals surface area contributed by atoms with Crippen LogP contribution in [0.15, 0.2) is 40.1 Å². The number of nitrogens with two attached hydrogens (primary N) is 1. The summed E-state index contributed by atoms with van der Waals surface area (Å²) in [5, 5.41) is 0. The summed E-state index contributed by atoms with van der Waals surface area (Å²) >= 11 is 0. The largest absolute Gasteiger partial charge is 0.370 e. The molecule has 1 aliphatic heterocycles. The molecular weight excluding hydrogens is 466 g/mol. The van der Waals surface area contributed by atoms with E-state index >= 15 is 0 Å². The van der Waals surface area contributed by atoms with Crippen LogP contribution >= 0.6 is 0 Å². The van der Waals surface area contributed by atoms with Crippen molar-refractivity contribution in [2.45, 2.75) is 85.9 Å². The third kappa shape index (κ3) is 6.53. The Morgan fingerprint density at radius 1 is 1.16 bits per heavy atom. The summed E-state index contributed by atoms with van der Waals surface area (Å²) in [6.07, 6.45) is 3.32. The number of carbonyl (C=O) groups excluding carboxylic acids is 2. The standard InChI is InChI=1S/C29H41N5O3/c1-6-8-14-22(19(3)4)28(36)33(16-15-25(30)35)24(7-2)27-32-23-17-31-20(5)26(23)29(37)34(27)18-21-12-10-9-11-13-21/h9-13,19,22,24H,6-8,14-18H2,1-5H3,(H2,30,35). The van der Waals surface area contributed by atoms with Crippen LogP contribution < -0.4 is 11.3 Å². The first-order valence-electron chi connectivity index (χ1n) is 13.5. The number of primary amides is 1. The van der Waals surface area contributed by atoms with Crippen molar-refractivity contribution in [3.05, 3.63) is 63.3 Å². The van der Waals surface area contributed by atoms with Gasteiger partial charge in [0.1, 0.15) is 5.82 Å². The van der Waals surface area contributed by atoms with E-state index in [4.69, 9.17) is 10.7 Å². The lowest BCUT2D eigenvalue weighted by molar-refractivity contribution is -0.140. The van der Waals surface area contributed by atoms with E-state index in [2.05, 4.69) is 25.8 Å². The molecule has 1 aromatic carbocycles. The summed E-state index contributed by atoms with van der Waals surface area (Å²) < 4.78 is 1.69. The smallest absolute Gasteiger partial charge is 0.263 e. The first-order chi connectivity index (χ1) is 17.7. The lowest BCUT2D eigenvalue weighted by atomic mass is 9.88. The molecule has 2 aromatic rings. The Morgan fingerprint density at radius 2 is 1.86 bits per heavy atom. The molecule has 1 aliphatic rings. The van der Waals surface area contributed by atoms with Crippen molar-refractivity contribution in [1.29, 1.82) is 0 Å². The highest BCUT2D eigenvalue weighted by Gasteiger charge is 2.35. The third-order valence-electron chi connectivity index (χ3n) is 7.22. The van der Waals surface area contributed by atoms with Crippen molar-refractivity contribution < 1.29 is 9.59 Å². The van der Waals surface area contributed by atoms with Gasteiger partial charge in [-0.15, -0.1) is 0 Å². The molecule has 3 rings (SSSR count). The molecular formula is C29H41N5O3. The van der Waals surface area contributed by atoms with Crippen molar-refractivity contribution in [2.24, 2.45) is 22.6 Å². The lowest BCUT2D eigenvalue weighted by Crippen LogP contribution is -2.44. The van der Waals surface area contributed by atoms with E-state index in [1.807, 2.05) is 44.2 Å². The molecule has 2 unspecified atom stereocenters. The number of carbonyl (C=O) groups is 2. The van der Waals surface area contributed by atoms with Gasteiger partial charge in [-0.25, -0.2) is 4.98 Å². The summed E-state index contributed by atoms with van der Waals surface area (Å²) in [6.45, 7) is 10.9. The number of fused-ring (bicyclic) bond motifs is 1. The van der Waals surface area contributed by atoms with Crippen LogP contribution in [0.2, 0.25) is 0 Å². The van der Waals surface area contributed by atoms with E-state index in [-0.39, 0.29) is 36.3 Å². The Kier molecular flexibility index (Phi) is 9.78. The Balaban J connectivity index is 2.15. The third-order valence-corrected chi connectivity index (χ3v) is 7.22. The molecule has 2 heterocycles. The van der Waals surface area contributed by atoms with Crippen molar-refractivity contribution in [3.8, 4) is 0 Å².